The molecule has 1 aliphatic heterocycles. The topological polar surface area (TPSA) is 79.2 Å². The van der Waals surface area contributed by atoms with Crippen LogP contribution in [0.2, 0.25) is 0 Å². The molecule has 1 heterocycles. The average Bonchev–Trinajstić information content (AvgIpc) is 2.16. The van der Waals surface area contributed by atoms with E-state index in [0.717, 1.165) is 0 Å². The van der Waals surface area contributed by atoms with Gasteiger partial charge in [-0.3, -0.25) is 4.79 Å². The maximum absolute atomic E-state index is 11.3. The van der Waals surface area contributed by atoms with Gasteiger partial charge in [-0.25, -0.2) is 0 Å². The molecule has 0 aromatic rings. The highest BCUT2D eigenvalue weighted by atomic mass is 16.7. The zero-order chi connectivity index (χ0) is 12.5. The predicted octanol–water partition coefficient (Wildman–Crippen LogP) is -1.05. The van der Waals surface area contributed by atoms with Gasteiger partial charge in [0.2, 0.25) is 5.91 Å². The Morgan fingerprint density at radius 2 is 2.19 bits per heavy atom. The summed E-state index contributed by atoms with van der Waals surface area (Å²) in [6, 6.07) is -0.747. The number of amides is 1. The highest BCUT2D eigenvalue weighted by Gasteiger charge is 2.49. The molecule has 1 rings (SSSR count). The van der Waals surface area contributed by atoms with Crippen LogP contribution in [0.3, 0.4) is 0 Å². The zero-order valence-electron chi connectivity index (χ0n) is 10.0. The van der Waals surface area contributed by atoms with Crippen molar-refractivity contribution in [2.24, 2.45) is 0 Å². The molecule has 0 bridgehead atoms. The number of carbonyl (C=O) groups excluding carboxylic acids is 1. The van der Waals surface area contributed by atoms with E-state index in [2.05, 4.69) is 0 Å². The fourth-order valence-corrected chi connectivity index (χ4v) is 2.00. The summed E-state index contributed by atoms with van der Waals surface area (Å²) in [7, 11) is 2.93. The van der Waals surface area contributed by atoms with Gasteiger partial charge in [-0.15, -0.1) is 0 Å². The van der Waals surface area contributed by atoms with Crippen molar-refractivity contribution in [2.45, 2.75) is 37.9 Å². The molecular formula is C10H19NO5. The lowest BCUT2D eigenvalue weighted by Crippen LogP contribution is -2.66. The summed E-state index contributed by atoms with van der Waals surface area (Å²) >= 11 is 0. The first-order chi connectivity index (χ1) is 7.31. The third kappa shape index (κ3) is 2.35. The Balaban J connectivity index is 2.93. The number of methoxy groups -OCH3 is 1. The van der Waals surface area contributed by atoms with Gasteiger partial charge in [-0.05, 0) is 6.92 Å². The first-order valence-corrected chi connectivity index (χ1v) is 5.09. The van der Waals surface area contributed by atoms with Crippen LogP contribution in [0.15, 0.2) is 0 Å². The number of rotatable bonds is 2. The van der Waals surface area contributed by atoms with E-state index >= 15 is 0 Å². The van der Waals surface area contributed by atoms with E-state index < -0.39 is 24.0 Å². The molecule has 1 aliphatic rings. The average molecular weight is 233 g/mol. The van der Waals surface area contributed by atoms with Gasteiger partial charge in [0, 0.05) is 21.1 Å². The SMILES string of the molecule is CO[C@H]1OC[C@](C)(O)[C@H](N(C)C(C)=O)[C@H]1O. The molecule has 0 aliphatic carbocycles. The summed E-state index contributed by atoms with van der Waals surface area (Å²) in [5.74, 6) is -0.235. The Morgan fingerprint density at radius 1 is 1.62 bits per heavy atom. The monoisotopic (exact) mass is 233 g/mol. The molecule has 1 fully saturated rings. The molecule has 0 unspecified atom stereocenters. The standard InChI is InChI=1S/C10H19NO5/c1-6(12)11(3)8-7(13)9(15-4)16-5-10(8,2)14/h7-9,13-14H,5H2,1-4H3/t7-,8-,9+,10+/m1/s1. The van der Waals surface area contributed by atoms with E-state index in [1.165, 1.54) is 32.9 Å². The van der Waals surface area contributed by atoms with E-state index in [9.17, 15) is 15.0 Å². The number of aliphatic hydroxyl groups excluding tert-OH is 1. The molecule has 6 nitrogen and oxygen atoms in total. The minimum Gasteiger partial charge on any atom is -0.386 e. The second-order valence-corrected chi connectivity index (χ2v) is 4.34. The summed E-state index contributed by atoms with van der Waals surface area (Å²) in [5.41, 5.74) is -1.30. The van der Waals surface area contributed by atoms with Gasteiger partial charge >= 0.3 is 0 Å². The lowest BCUT2D eigenvalue weighted by molar-refractivity contribution is -0.271. The summed E-state index contributed by atoms with van der Waals surface area (Å²) < 4.78 is 10.1. The van der Waals surface area contributed by atoms with E-state index in [-0.39, 0.29) is 12.5 Å². The van der Waals surface area contributed by atoms with Crippen LogP contribution < -0.4 is 0 Å². The third-order valence-electron chi connectivity index (χ3n) is 2.93. The number of aliphatic hydroxyl groups is 2. The Morgan fingerprint density at radius 3 is 2.62 bits per heavy atom. The number of nitrogens with zero attached hydrogens (tertiary/aromatic N) is 1. The smallest absolute Gasteiger partial charge is 0.219 e. The summed E-state index contributed by atoms with van der Waals surface area (Å²) in [5, 5.41) is 20.1. The van der Waals surface area contributed by atoms with Gasteiger partial charge in [-0.1, -0.05) is 0 Å². The minimum atomic E-state index is -1.30. The van der Waals surface area contributed by atoms with Crippen LogP contribution in [0.5, 0.6) is 0 Å². The third-order valence-corrected chi connectivity index (χ3v) is 2.93. The maximum atomic E-state index is 11.3. The number of hydrogen-bond acceptors (Lipinski definition) is 5. The van der Waals surface area contributed by atoms with Crippen molar-refractivity contribution in [3.05, 3.63) is 0 Å². The van der Waals surface area contributed by atoms with Gasteiger partial charge in [0.1, 0.15) is 11.7 Å². The molecule has 0 saturated carbocycles. The van der Waals surface area contributed by atoms with E-state index in [0.29, 0.717) is 0 Å². The van der Waals surface area contributed by atoms with Gasteiger partial charge in [0.05, 0.1) is 12.6 Å². The van der Waals surface area contributed by atoms with Crippen molar-refractivity contribution < 1.29 is 24.5 Å². The summed E-state index contributed by atoms with van der Waals surface area (Å²) in [6.07, 6.45) is -1.91. The van der Waals surface area contributed by atoms with Crippen LogP contribution in [-0.4, -0.2) is 65.8 Å². The lowest BCUT2D eigenvalue weighted by Gasteiger charge is -2.47. The maximum Gasteiger partial charge on any atom is 0.219 e. The molecule has 6 heteroatoms. The highest BCUT2D eigenvalue weighted by molar-refractivity contribution is 5.73. The van der Waals surface area contributed by atoms with Crippen molar-refractivity contribution in [1.29, 1.82) is 0 Å². The second kappa shape index (κ2) is 4.67. The van der Waals surface area contributed by atoms with Crippen LogP contribution in [0, 0.1) is 0 Å². The Labute approximate surface area is 94.8 Å². The molecule has 1 saturated heterocycles. The predicted molar refractivity (Wildman–Crippen MR) is 55.6 cm³/mol. The molecule has 0 aromatic heterocycles. The van der Waals surface area contributed by atoms with Gasteiger partial charge in [-0.2, -0.15) is 0 Å². The van der Waals surface area contributed by atoms with E-state index in [4.69, 9.17) is 9.47 Å². The summed E-state index contributed by atoms with van der Waals surface area (Å²) in [4.78, 5) is 12.6. The number of hydrogen-bond donors (Lipinski definition) is 2. The van der Waals surface area contributed by atoms with Gasteiger partial charge in [0.25, 0.3) is 0 Å². The van der Waals surface area contributed by atoms with E-state index in [1.54, 1.807) is 0 Å². The van der Waals surface area contributed by atoms with Crippen molar-refractivity contribution >= 4 is 5.91 Å². The van der Waals surface area contributed by atoms with Crippen molar-refractivity contribution in [2.75, 3.05) is 20.8 Å². The molecular weight excluding hydrogens is 214 g/mol. The molecule has 4 atom stereocenters. The fourth-order valence-electron chi connectivity index (χ4n) is 2.00. The zero-order valence-corrected chi connectivity index (χ0v) is 10.0. The molecule has 1 amide bonds. The minimum absolute atomic E-state index is 0.00481. The molecule has 0 radical (unpaired) electrons. The van der Waals surface area contributed by atoms with Crippen LogP contribution in [-0.2, 0) is 14.3 Å². The number of likely N-dealkylation sites (N-methyl/N-ethyl adjacent to an activating group) is 1. The summed E-state index contributed by atoms with van der Waals surface area (Å²) in [6.45, 7) is 2.90. The molecule has 0 spiro atoms. The van der Waals surface area contributed by atoms with E-state index in [1.807, 2.05) is 0 Å². The normalized spacial score (nSPS) is 39.5. The van der Waals surface area contributed by atoms with Crippen molar-refractivity contribution in [1.82, 2.24) is 4.90 Å². The number of ether oxygens (including phenoxy) is 2. The van der Waals surface area contributed by atoms with Crippen LogP contribution in [0.1, 0.15) is 13.8 Å². The highest BCUT2D eigenvalue weighted by Crippen LogP contribution is 2.27. The molecule has 2 N–H and O–H groups in total. The Hall–Kier alpha value is -0.690. The van der Waals surface area contributed by atoms with Crippen molar-refractivity contribution in [3.63, 3.8) is 0 Å². The Kier molecular flexibility index (Phi) is 3.90. The van der Waals surface area contributed by atoms with Crippen LogP contribution >= 0.6 is 0 Å². The van der Waals surface area contributed by atoms with Crippen LogP contribution in [0.4, 0.5) is 0 Å². The lowest BCUT2D eigenvalue weighted by atomic mass is 9.88. The quantitative estimate of drug-likeness (QED) is 0.636. The second-order valence-electron chi connectivity index (χ2n) is 4.34. The molecule has 16 heavy (non-hydrogen) atoms. The van der Waals surface area contributed by atoms with Gasteiger partial charge < -0.3 is 24.6 Å². The van der Waals surface area contributed by atoms with Crippen LogP contribution in [0.25, 0.3) is 0 Å². The largest absolute Gasteiger partial charge is 0.386 e. The molecule has 0 aromatic carbocycles. The fraction of sp³-hybridized carbons (Fsp3) is 0.900. The first kappa shape index (κ1) is 13.4. The number of carbonyl (C=O) groups is 1. The Bertz CT molecular complexity index is 268. The van der Waals surface area contributed by atoms with Crippen molar-refractivity contribution in [3.8, 4) is 0 Å². The van der Waals surface area contributed by atoms with Gasteiger partial charge in [0.15, 0.2) is 6.29 Å². The first-order valence-electron chi connectivity index (χ1n) is 5.09. The molecule has 94 valence electrons.